The van der Waals surface area contributed by atoms with Gasteiger partial charge in [-0.25, -0.2) is 4.79 Å². The second kappa shape index (κ2) is 4.09. The molecule has 1 unspecified atom stereocenters. The van der Waals surface area contributed by atoms with Crippen molar-refractivity contribution in [1.29, 1.82) is 0 Å². The summed E-state index contributed by atoms with van der Waals surface area (Å²) < 4.78 is 5.92. The van der Waals surface area contributed by atoms with Crippen molar-refractivity contribution < 1.29 is 14.6 Å². The lowest BCUT2D eigenvalue weighted by Gasteiger charge is -2.33. The number of aliphatic hydroxyl groups is 1. The molecule has 5 heteroatoms. The number of nitrogens with zero attached hydrogens (tertiary/aromatic N) is 1. The van der Waals surface area contributed by atoms with Gasteiger partial charge in [-0.15, -0.1) is 0 Å². The van der Waals surface area contributed by atoms with E-state index in [9.17, 15) is 14.7 Å². The van der Waals surface area contributed by atoms with Gasteiger partial charge in [-0.2, -0.15) is 0 Å². The monoisotopic (exact) mass is 223 g/mol. The SMILES string of the molecule is COC(=O)c1cccn(C2CC[C@H]2O)c1=O. The Labute approximate surface area is 92.3 Å². The van der Waals surface area contributed by atoms with E-state index in [1.54, 1.807) is 12.3 Å². The molecule has 1 aromatic heterocycles. The predicted octanol–water partition coefficient (Wildman–Crippen LogP) is 0.331. The smallest absolute Gasteiger partial charge is 0.343 e. The van der Waals surface area contributed by atoms with Gasteiger partial charge in [0.25, 0.3) is 5.56 Å². The van der Waals surface area contributed by atoms with E-state index in [1.807, 2.05) is 0 Å². The minimum atomic E-state index is -0.645. The van der Waals surface area contributed by atoms with Crippen molar-refractivity contribution in [3.05, 3.63) is 34.2 Å². The molecule has 1 aliphatic rings. The maximum atomic E-state index is 11.9. The molecule has 2 atom stereocenters. The summed E-state index contributed by atoms with van der Waals surface area (Å²) in [6.07, 6.45) is 2.54. The van der Waals surface area contributed by atoms with Crippen LogP contribution in [0.4, 0.5) is 0 Å². The first-order valence-electron chi connectivity index (χ1n) is 5.12. The molecule has 1 N–H and O–H groups in total. The van der Waals surface area contributed by atoms with Gasteiger partial charge in [0, 0.05) is 6.20 Å². The second-order valence-electron chi connectivity index (χ2n) is 3.84. The lowest BCUT2D eigenvalue weighted by molar-refractivity contribution is 0.0293. The maximum absolute atomic E-state index is 11.9. The van der Waals surface area contributed by atoms with Crippen LogP contribution < -0.4 is 5.56 Å². The van der Waals surface area contributed by atoms with E-state index in [1.165, 1.54) is 17.7 Å². The third-order valence-corrected chi connectivity index (χ3v) is 2.94. The van der Waals surface area contributed by atoms with Gasteiger partial charge in [-0.05, 0) is 25.0 Å². The largest absolute Gasteiger partial charge is 0.465 e. The van der Waals surface area contributed by atoms with Crippen molar-refractivity contribution in [2.45, 2.75) is 25.0 Å². The standard InChI is InChI=1S/C11H13NO4/c1-16-11(15)7-3-2-6-12(10(7)14)8-4-5-9(8)13/h2-3,6,8-9,13H,4-5H2,1H3/t8?,9-/m1/s1. The fraction of sp³-hybridized carbons (Fsp3) is 0.455. The van der Waals surface area contributed by atoms with Gasteiger partial charge in [-0.1, -0.05) is 0 Å². The molecule has 0 amide bonds. The Morgan fingerprint density at radius 2 is 2.31 bits per heavy atom. The molecule has 0 aliphatic heterocycles. The quantitative estimate of drug-likeness (QED) is 0.734. The number of carbonyl (C=O) groups is 1. The highest BCUT2D eigenvalue weighted by atomic mass is 16.5. The fourth-order valence-corrected chi connectivity index (χ4v) is 1.83. The van der Waals surface area contributed by atoms with Gasteiger partial charge < -0.3 is 14.4 Å². The van der Waals surface area contributed by atoms with Crippen molar-refractivity contribution in [3.63, 3.8) is 0 Å². The molecule has 1 aliphatic carbocycles. The number of rotatable bonds is 2. The normalized spacial score (nSPS) is 23.6. The summed E-state index contributed by atoms with van der Waals surface area (Å²) in [5, 5.41) is 9.50. The van der Waals surface area contributed by atoms with E-state index in [2.05, 4.69) is 4.74 Å². The average Bonchev–Trinajstić information content (AvgIpc) is 2.29. The van der Waals surface area contributed by atoms with Crippen molar-refractivity contribution in [3.8, 4) is 0 Å². The molecule has 16 heavy (non-hydrogen) atoms. The number of hydrogen-bond acceptors (Lipinski definition) is 4. The molecule has 86 valence electrons. The molecule has 2 rings (SSSR count). The Kier molecular flexibility index (Phi) is 2.78. The minimum Gasteiger partial charge on any atom is -0.465 e. The van der Waals surface area contributed by atoms with E-state index in [-0.39, 0.29) is 11.6 Å². The Morgan fingerprint density at radius 3 is 2.81 bits per heavy atom. The average molecular weight is 223 g/mol. The van der Waals surface area contributed by atoms with Crippen LogP contribution in [0.2, 0.25) is 0 Å². The highest BCUT2D eigenvalue weighted by Gasteiger charge is 2.31. The Morgan fingerprint density at radius 1 is 1.56 bits per heavy atom. The predicted molar refractivity (Wildman–Crippen MR) is 56.3 cm³/mol. The van der Waals surface area contributed by atoms with Crippen LogP contribution in [0.15, 0.2) is 23.1 Å². The summed E-state index contributed by atoms with van der Waals surface area (Å²) in [6, 6.07) is 2.83. The van der Waals surface area contributed by atoms with Gasteiger partial charge in [-0.3, -0.25) is 4.79 Å². The summed E-state index contributed by atoms with van der Waals surface area (Å²) in [7, 11) is 1.23. The molecule has 0 radical (unpaired) electrons. The fourth-order valence-electron chi connectivity index (χ4n) is 1.83. The third-order valence-electron chi connectivity index (χ3n) is 2.94. The number of methoxy groups -OCH3 is 1. The van der Waals surface area contributed by atoms with Crippen LogP contribution in [0, 0.1) is 0 Å². The molecule has 5 nitrogen and oxygen atoms in total. The van der Waals surface area contributed by atoms with Gasteiger partial charge in [0.1, 0.15) is 5.56 Å². The minimum absolute atomic E-state index is 0.00380. The molecule has 1 saturated carbocycles. The van der Waals surface area contributed by atoms with Gasteiger partial charge in [0.05, 0.1) is 19.3 Å². The number of carbonyl (C=O) groups excluding carboxylic acids is 1. The van der Waals surface area contributed by atoms with Gasteiger partial charge >= 0.3 is 5.97 Å². The second-order valence-corrected chi connectivity index (χ2v) is 3.84. The zero-order valence-electron chi connectivity index (χ0n) is 8.92. The molecule has 1 heterocycles. The van der Waals surface area contributed by atoms with Crippen LogP contribution in [-0.4, -0.2) is 28.9 Å². The Balaban J connectivity index is 2.41. The first-order valence-corrected chi connectivity index (χ1v) is 5.12. The molecule has 0 aromatic carbocycles. The van der Waals surface area contributed by atoms with E-state index < -0.39 is 17.6 Å². The summed E-state index contributed by atoms with van der Waals surface area (Å²) >= 11 is 0. The van der Waals surface area contributed by atoms with Crippen LogP contribution in [-0.2, 0) is 4.74 Å². The molecule has 1 aromatic rings. The number of esters is 1. The Hall–Kier alpha value is -1.62. The van der Waals surface area contributed by atoms with Crippen molar-refractivity contribution in [2.75, 3.05) is 7.11 Å². The summed E-state index contributed by atoms with van der Waals surface area (Å²) in [6.45, 7) is 0. The van der Waals surface area contributed by atoms with Crippen molar-refractivity contribution in [1.82, 2.24) is 4.57 Å². The summed E-state index contributed by atoms with van der Waals surface area (Å²) in [5.41, 5.74) is -0.401. The van der Waals surface area contributed by atoms with E-state index in [0.717, 1.165) is 6.42 Å². The summed E-state index contributed by atoms with van der Waals surface area (Å²) in [4.78, 5) is 23.2. The third kappa shape index (κ3) is 1.63. The van der Waals surface area contributed by atoms with Crippen LogP contribution in [0.1, 0.15) is 29.2 Å². The first kappa shape index (κ1) is 10.9. The van der Waals surface area contributed by atoms with Crippen LogP contribution >= 0.6 is 0 Å². The van der Waals surface area contributed by atoms with Crippen molar-refractivity contribution >= 4 is 5.97 Å². The van der Waals surface area contributed by atoms with Crippen LogP contribution in [0.3, 0.4) is 0 Å². The van der Waals surface area contributed by atoms with E-state index >= 15 is 0 Å². The molecular formula is C11H13NO4. The van der Waals surface area contributed by atoms with E-state index in [0.29, 0.717) is 6.42 Å². The van der Waals surface area contributed by atoms with Crippen LogP contribution in [0.25, 0.3) is 0 Å². The van der Waals surface area contributed by atoms with Crippen LogP contribution in [0.5, 0.6) is 0 Å². The molecule has 0 saturated heterocycles. The lowest BCUT2D eigenvalue weighted by atomic mass is 9.89. The number of aliphatic hydroxyl groups excluding tert-OH is 1. The number of aromatic nitrogens is 1. The molecule has 1 fully saturated rings. The number of ether oxygens (including phenoxy) is 1. The Bertz CT molecular complexity index is 465. The number of pyridine rings is 1. The van der Waals surface area contributed by atoms with Gasteiger partial charge in [0.2, 0.25) is 0 Å². The highest BCUT2D eigenvalue weighted by Crippen LogP contribution is 2.30. The van der Waals surface area contributed by atoms with Crippen molar-refractivity contribution in [2.24, 2.45) is 0 Å². The first-order chi connectivity index (χ1) is 7.65. The maximum Gasteiger partial charge on any atom is 0.343 e. The number of hydrogen-bond donors (Lipinski definition) is 1. The zero-order chi connectivity index (χ0) is 11.7. The van der Waals surface area contributed by atoms with Gasteiger partial charge in [0.15, 0.2) is 0 Å². The lowest BCUT2D eigenvalue weighted by Crippen LogP contribution is -2.40. The zero-order valence-corrected chi connectivity index (χ0v) is 8.92. The van der Waals surface area contributed by atoms with E-state index in [4.69, 9.17) is 0 Å². The topological polar surface area (TPSA) is 68.5 Å². The molecule has 0 spiro atoms. The summed E-state index contributed by atoms with van der Waals surface area (Å²) in [5.74, 6) is -0.645. The highest BCUT2D eigenvalue weighted by molar-refractivity contribution is 5.88. The molecule has 0 bridgehead atoms. The molecular weight excluding hydrogens is 210 g/mol.